The lowest BCUT2D eigenvalue weighted by Crippen LogP contribution is -2.13. The van der Waals surface area contributed by atoms with Crippen molar-refractivity contribution in [2.45, 2.75) is 20.3 Å². The van der Waals surface area contributed by atoms with E-state index in [0.29, 0.717) is 33.6 Å². The summed E-state index contributed by atoms with van der Waals surface area (Å²) in [6.45, 7) is 3.84. The molecule has 28 heavy (non-hydrogen) atoms. The van der Waals surface area contributed by atoms with Gasteiger partial charge in [-0.2, -0.15) is 0 Å². The molecule has 140 valence electrons. The van der Waals surface area contributed by atoms with Crippen LogP contribution in [0.5, 0.6) is 0 Å². The molecule has 0 bridgehead atoms. The number of rotatable bonds is 4. The lowest BCUT2D eigenvalue weighted by molar-refractivity contribution is 0.102. The minimum atomic E-state index is -0.339. The van der Waals surface area contributed by atoms with Gasteiger partial charge in [0.1, 0.15) is 5.82 Å². The van der Waals surface area contributed by atoms with Crippen molar-refractivity contribution in [3.8, 4) is 11.3 Å². The van der Waals surface area contributed by atoms with Crippen LogP contribution in [-0.2, 0) is 6.42 Å². The van der Waals surface area contributed by atoms with Gasteiger partial charge in [0.25, 0.3) is 11.6 Å². The number of nitrogens with zero attached hydrogens (tertiary/aromatic N) is 2. The molecule has 0 saturated heterocycles. The fourth-order valence-corrected chi connectivity index (χ4v) is 3.06. The summed E-state index contributed by atoms with van der Waals surface area (Å²) >= 11 is 0. The molecule has 4 aromatic rings. The number of pyridine rings is 1. The monoisotopic (exact) mass is 375 g/mol. The van der Waals surface area contributed by atoms with Gasteiger partial charge in [0.2, 0.25) is 0 Å². The quantitative estimate of drug-likeness (QED) is 0.535. The second-order valence-corrected chi connectivity index (χ2v) is 6.51. The summed E-state index contributed by atoms with van der Waals surface area (Å²) in [6.07, 6.45) is 0.931. The van der Waals surface area contributed by atoms with Crippen molar-refractivity contribution < 1.29 is 13.7 Å². The van der Waals surface area contributed by atoms with Gasteiger partial charge >= 0.3 is 0 Å². The Morgan fingerprint density at radius 3 is 2.50 bits per heavy atom. The van der Waals surface area contributed by atoms with Crippen LogP contribution in [0.2, 0.25) is 0 Å². The van der Waals surface area contributed by atoms with Gasteiger partial charge in [-0.05, 0) is 61.4 Å². The van der Waals surface area contributed by atoms with Gasteiger partial charge in [-0.1, -0.05) is 24.2 Å². The smallest absolute Gasteiger partial charge is 0.259 e. The first-order chi connectivity index (χ1) is 13.5. The number of aromatic nitrogens is 2. The molecule has 0 atom stereocenters. The highest BCUT2D eigenvalue weighted by molar-refractivity contribution is 6.13. The number of hydrogen-bond donors (Lipinski definition) is 1. The number of amides is 1. The normalized spacial score (nSPS) is 11.0. The van der Waals surface area contributed by atoms with Crippen molar-refractivity contribution >= 4 is 22.7 Å². The van der Waals surface area contributed by atoms with Crippen LogP contribution < -0.4 is 5.32 Å². The van der Waals surface area contributed by atoms with Crippen LogP contribution in [0, 0.1) is 12.7 Å². The first-order valence-electron chi connectivity index (χ1n) is 8.98. The molecule has 2 heterocycles. The molecule has 0 saturated carbocycles. The first kappa shape index (κ1) is 17.9. The van der Waals surface area contributed by atoms with Crippen molar-refractivity contribution in [3.05, 3.63) is 77.2 Å². The lowest BCUT2D eigenvalue weighted by atomic mass is 10.0. The number of fused-ring (bicyclic) bond motifs is 1. The second-order valence-electron chi connectivity index (χ2n) is 6.51. The zero-order valence-electron chi connectivity index (χ0n) is 15.5. The molecule has 1 amide bonds. The van der Waals surface area contributed by atoms with E-state index in [0.717, 1.165) is 6.42 Å². The Labute approximate surface area is 161 Å². The number of halogens is 1. The summed E-state index contributed by atoms with van der Waals surface area (Å²) in [5.74, 6) is -0.625. The first-order valence-corrected chi connectivity index (χ1v) is 8.98. The van der Waals surface area contributed by atoms with Crippen LogP contribution >= 0.6 is 0 Å². The third-order valence-electron chi connectivity index (χ3n) is 4.62. The van der Waals surface area contributed by atoms with Crippen LogP contribution in [-0.4, -0.2) is 16.0 Å². The lowest BCUT2D eigenvalue weighted by Gasteiger charge is -2.09. The maximum absolute atomic E-state index is 13.2. The van der Waals surface area contributed by atoms with E-state index < -0.39 is 0 Å². The Hall–Kier alpha value is -3.54. The van der Waals surface area contributed by atoms with Crippen molar-refractivity contribution in [3.63, 3.8) is 0 Å². The highest BCUT2D eigenvalue weighted by Crippen LogP contribution is 2.28. The summed E-state index contributed by atoms with van der Waals surface area (Å²) in [5, 5.41) is 7.41. The molecule has 0 spiro atoms. The third-order valence-corrected chi connectivity index (χ3v) is 4.62. The average Bonchev–Trinajstić information content (AvgIpc) is 3.09. The highest BCUT2D eigenvalue weighted by atomic mass is 19.1. The zero-order chi connectivity index (χ0) is 19.7. The summed E-state index contributed by atoms with van der Waals surface area (Å²) in [4.78, 5) is 17.4. The number of anilines is 1. The van der Waals surface area contributed by atoms with Crippen molar-refractivity contribution in [2.24, 2.45) is 0 Å². The van der Waals surface area contributed by atoms with Gasteiger partial charge in [0.05, 0.1) is 22.3 Å². The van der Waals surface area contributed by atoms with E-state index in [-0.39, 0.29) is 17.4 Å². The summed E-state index contributed by atoms with van der Waals surface area (Å²) in [7, 11) is 0. The molecule has 2 aromatic heterocycles. The maximum Gasteiger partial charge on any atom is 0.259 e. The molecule has 0 fully saturated rings. The van der Waals surface area contributed by atoms with Crippen LogP contribution in [0.15, 0.2) is 59.1 Å². The van der Waals surface area contributed by atoms with Crippen molar-refractivity contribution in [2.75, 3.05) is 5.32 Å². The Morgan fingerprint density at radius 1 is 1.11 bits per heavy atom. The molecule has 2 aromatic carbocycles. The van der Waals surface area contributed by atoms with E-state index in [4.69, 9.17) is 4.52 Å². The summed E-state index contributed by atoms with van der Waals surface area (Å²) < 4.78 is 18.5. The Balaban J connectivity index is 1.76. The number of carbonyl (C=O) groups excluding carboxylic acids is 1. The molecule has 0 radical (unpaired) electrons. The highest BCUT2D eigenvalue weighted by Gasteiger charge is 2.19. The Kier molecular flexibility index (Phi) is 4.61. The van der Waals surface area contributed by atoms with E-state index in [1.165, 1.54) is 17.7 Å². The van der Waals surface area contributed by atoms with Crippen LogP contribution in [0.25, 0.3) is 22.4 Å². The molecule has 0 aliphatic carbocycles. The number of hydrogen-bond acceptors (Lipinski definition) is 4. The topological polar surface area (TPSA) is 68.0 Å². The standard InChI is InChI=1S/C22H18FN3O2/c1-3-14-4-10-17(11-5-14)24-21(27)18-12-19(15-6-8-16(23)9-7-15)25-22-20(18)13(2)26-28-22/h4-12H,3H2,1-2H3,(H,24,27). The number of benzene rings is 2. The zero-order valence-corrected chi connectivity index (χ0v) is 15.5. The van der Waals surface area contributed by atoms with E-state index in [2.05, 4.69) is 22.4 Å². The predicted molar refractivity (Wildman–Crippen MR) is 106 cm³/mol. The maximum atomic E-state index is 13.2. The van der Waals surface area contributed by atoms with E-state index in [1.807, 2.05) is 24.3 Å². The number of carbonyl (C=O) groups is 1. The van der Waals surface area contributed by atoms with E-state index in [9.17, 15) is 9.18 Å². The average molecular weight is 375 g/mol. The van der Waals surface area contributed by atoms with Crippen molar-refractivity contribution in [1.29, 1.82) is 0 Å². The van der Waals surface area contributed by atoms with Crippen LogP contribution in [0.1, 0.15) is 28.5 Å². The fourth-order valence-electron chi connectivity index (χ4n) is 3.06. The molecule has 1 N–H and O–H groups in total. The van der Waals surface area contributed by atoms with Gasteiger partial charge < -0.3 is 9.84 Å². The predicted octanol–water partition coefficient (Wildman–Crippen LogP) is 5.15. The largest absolute Gasteiger partial charge is 0.335 e. The molecule has 0 unspecified atom stereocenters. The molecule has 0 aliphatic heterocycles. The molecular formula is C22H18FN3O2. The SMILES string of the molecule is CCc1ccc(NC(=O)c2cc(-c3ccc(F)cc3)nc3onc(C)c23)cc1. The second kappa shape index (κ2) is 7.23. The fraction of sp³-hybridized carbons (Fsp3) is 0.136. The molecule has 4 rings (SSSR count). The molecule has 5 nitrogen and oxygen atoms in total. The van der Waals surface area contributed by atoms with E-state index >= 15 is 0 Å². The van der Waals surface area contributed by atoms with Crippen LogP contribution in [0.4, 0.5) is 10.1 Å². The molecule has 6 heteroatoms. The van der Waals surface area contributed by atoms with Crippen LogP contribution in [0.3, 0.4) is 0 Å². The summed E-state index contributed by atoms with van der Waals surface area (Å²) in [5.41, 5.74) is 4.34. The Bertz CT molecular complexity index is 1150. The number of nitrogens with one attached hydrogen (secondary N) is 1. The van der Waals surface area contributed by atoms with Gasteiger partial charge in [-0.15, -0.1) is 0 Å². The van der Waals surface area contributed by atoms with Gasteiger partial charge in [0.15, 0.2) is 0 Å². The van der Waals surface area contributed by atoms with Crippen molar-refractivity contribution in [1.82, 2.24) is 10.1 Å². The number of aryl methyl sites for hydroxylation is 2. The van der Waals surface area contributed by atoms with Gasteiger partial charge in [0, 0.05) is 11.3 Å². The molecule has 0 aliphatic rings. The summed E-state index contributed by atoms with van der Waals surface area (Å²) in [6, 6.07) is 15.3. The molecular weight excluding hydrogens is 357 g/mol. The minimum Gasteiger partial charge on any atom is -0.335 e. The third kappa shape index (κ3) is 3.36. The van der Waals surface area contributed by atoms with Gasteiger partial charge in [-0.3, -0.25) is 4.79 Å². The van der Waals surface area contributed by atoms with Gasteiger partial charge in [-0.25, -0.2) is 9.37 Å². The van der Waals surface area contributed by atoms with E-state index in [1.54, 1.807) is 25.1 Å². The minimum absolute atomic E-state index is 0.269. The Morgan fingerprint density at radius 2 is 1.82 bits per heavy atom.